The Kier molecular flexibility index (Phi) is 4.71. The first-order valence-corrected chi connectivity index (χ1v) is 7.35. The molecule has 0 aromatic heterocycles. The predicted octanol–water partition coefficient (Wildman–Crippen LogP) is 2.66. The zero-order valence-electron chi connectivity index (χ0n) is 10.2. The average molecular weight is 300 g/mol. The highest BCUT2D eigenvalue weighted by molar-refractivity contribution is 8.00. The lowest BCUT2D eigenvalue weighted by Gasteiger charge is -2.05. The number of rotatable bonds is 6. The summed E-state index contributed by atoms with van der Waals surface area (Å²) in [6.07, 6.45) is 2.40. The molecule has 102 valence electrons. The van der Waals surface area contributed by atoms with Crippen LogP contribution in [0.5, 0.6) is 0 Å². The number of hydrogen-bond donors (Lipinski definition) is 2. The van der Waals surface area contributed by atoms with Crippen molar-refractivity contribution in [2.45, 2.75) is 17.7 Å². The topological polar surface area (TPSA) is 66.4 Å². The number of nitrogens with one attached hydrogen (secondary N) is 1. The van der Waals surface area contributed by atoms with E-state index in [1.165, 1.54) is 36.7 Å². The number of aromatic carboxylic acids is 1. The van der Waals surface area contributed by atoms with Gasteiger partial charge in [-0.25, -0.2) is 4.79 Å². The van der Waals surface area contributed by atoms with Crippen LogP contribution in [-0.4, -0.2) is 29.3 Å². The summed E-state index contributed by atoms with van der Waals surface area (Å²) in [4.78, 5) is 23.2. The number of carbonyl (C=O) groups excluding carboxylic acids is 1. The Labute approximate surface area is 120 Å². The van der Waals surface area contributed by atoms with Crippen LogP contribution < -0.4 is 5.32 Å². The summed E-state index contributed by atoms with van der Waals surface area (Å²) in [7, 11) is 0. The van der Waals surface area contributed by atoms with E-state index in [2.05, 4.69) is 5.32 Å². The van der Waals surface area contributed by atoms with Crippen LogP contribution >= 0.6 is 23.4 Å². The molecule has 1 aliphatic carbocycles. The van der Waals surface area contributed by atoms with Crippen LogP contribution in [0.2, 0.25) is 5.02 Å². The molecule has 4 nitrogen and oxygen atoms in total. The fourth-order valence-corrected chi connectivity index (χ4v) is 2.50. The van der Waals surface area contributed by atoms with E-state index in [1.54, 1.807) is 6.07 Å². The van der Waals surface area contributed by atoms with Crippen molar-refractivity contribution >= 4 is 35.2 Å². The quantitative estimate of drug-likeness (QED) is 0.793. The van der Waals surface area contributed by atoms with Gasteiger partial charge < -0.3 is 10.4 Å². The van der Waals surface area contributed by atoms with Crippen LogP contribution in [0, 0.1) is 5.92 Å². The number of benzene rings is 1. The largest absolute Gasteiger partial charge is 0.478 e. The molecule has 2 rings (SSSR count). The number of thioether (sulfide) groups is 1. The second-order valence-corrected chi connectivity index (χ2v) is 5.94. The maximum Gasteiger partial charge on any atom is 0.337 e. The number of carboxylic acid groups (broad SMARTS) is 1. The summed E-state index contributed by atoms with van der Waals surface area (Å²) >= 11 is 7.08. The van der Waals surface area contributed by atoms with E-state index in [0.717, 1.165) is 11.4 Å². The van der Waals surface area contributed by atoms with E-state index in [4.69, 9.17) is 16.7 Å². The third-order valence-corrected chi connectivity index (χ3v) is 4.15. The Morgan fingerprint density at radius 1 is 1.42 bits per heavy atom. The molecule has 0 aliphatic heterocycles. The minimum atomic E-state index is -1.06. The van der Waals surface area contributed by atoms with Crippen LogP contribution in [0.25, 0.3) is 0 Å². The molecular weight excluding hydrogens is 286 g/mol. The first-order chi connectivity index (χ1) is 9.06. The van der Waals surface area contributed by atoms with Gasteiger partial charge in [0.05, 0.1) is 16.3 Å². The van der Waals surface area contributed by atoms with Gasteiger partial charge in [-0.15, -0.1) is 11.8 Å². The monoisotopic (exact) mass is 299 g/mol. The lowest BCUT2D eigenvalue weighted by Crippen LogP contribution is -2.27. The average Bonchev–Trinajstić information content (AvgIpc) is 3.19. The number of hydrogen-bond acceptors (Lipinski definition) is 3. The van der Waals surface area contributed by atoms with E-state index >= 15 is 0 Å². The van der Waals surface area contributed by atoms with Gasteiger partial charge in [0.25, 0.3) is 0 Å². The van der Waals surface area contributed by atoms with Crippen molar-refractivity contribution in [2.75, 3.05) is 12.3 Å². The van der Waals surface area contributed by atoms with Gasteiger partial charge in [0.15, 0.2) is 0 Å². The summed E-state index contributed by atoms with van der Waals surface area (Å²) in [5, 5.41) is 12.0. The Balaban J connectivity index is 1.86. The molecule has 1 fully saturated rings. The van der Waals surface area contributed by atoms with Crippen molar-refractivity contribution < 1.29 is 14.7 Å². The number of carbonyl (C=O) groups is 2. The van der Waals surface area contributed by atoms with Gasteiger partial charge in [-0.1, -0.05) is 11.6 Å². The molecule has 19 heavy (non-hydrogen) atoms. The van der Waals surface area contributed by atoms with Crippen LogP contribution in [-0.2, 0) is 4.79 Å². The van der Waals surface area contributed by atoms with Crippen molar-refractivity contribution in [1.29, 1.82) is 0 Å². The van der Waals surface area contributed by atoms with Crippen molar-refractivity contribution in [3.63, 3.8) is 0 Å². The summed E-state index contributed by atoms with van der Waals surface area (Å²) in [5.74, 6) is -0.148. The van der Waals surface area contributed by atoms with Gasteiger partial charge in [0.2, 0.25) is 5.91 Å². The van der Waals surface area contributed by atoms with Crippen molar-refractivity contribution in [1.82, 2.24) is 5.32 Å². The van der Waals surface area contributed by atoms with Crippen molar-refractivity contribution in [3.8, 4) is 0 Å². The molecule has 0 atom stereocenters. The SMILES string of the molecule is O=C(CSc1ccc(Cl)c(C(=O)O)c1)NCC1CC1. The molecular formula is C13H14ClNO3S. The molecule has 1 aliphatic rings. The van der Waals surface area contributed by atoms with Gasteiger partial charge in [-0.2, -0.15) is 0 Å². The van der Waals surface area contributed by atoms with Crippen molar-refractivity contribution in [2.24, 2.45) is 5.92 Å². The maximum absolute atomic E-state index is 11.6. The van der Waals surface area contributed by atoms with Crippen LogP contribution in [0.1, 0.15) is 23.2 Å². The molecule has 0 spiro atoms. The molecule has 2 N–H and O–H groups in total. The predicted molar refractivity (Wildman–Crippen MR) is 74.9 cm³/mol. The molecule has 0 unspecified atom stereocenters. The highest BCUT2D eigenvalue weighted by Crippen LogP contribution is 2.28. The standard InChI is InChI=1S/C13H14ClNO3S/c14-11-4-3-9(5-10(11)13(17)18)19-7-12(16)15-6-8-1-2-8/h3-5,8H,1-2,6-7H2,(H,15,16)(H,17,18). The first-order valence-electron chi connectivity index (χ1n) is 5.98. The molecule has 0 bridgehead atoms. The first kappa shape index (κ1) is 14.2. The fourth-order valence-electron chi connectivity index (χ4n) is 1.54. The van der Waals surface area contributed by atoms with Gasteiger partial charge >= 0.3 is 5.97 Å². The minimum Gasteiger partial charge on any atom is -0.478 e. The molecule has 1 aromatic rings. The van der Waals surface area contributed by atoms with Crippen LogP contribution in [0.15, 0.2) is 23.1 Å². The third-order valence-electron chi connectivity index (χ3n) is 2.82. The molecule has 1 saturated carbocycles. The summed E-state index contributed by atoms with van der Waals surface area (Å²) in [6.45, 7) is 0.750. The highest BCUT2D eigenvalue weighted by Gasteiger charge is 2.21. The Bertz CT molecular complexity index is 503. The Hall–Kier alpha value is -1.20. The second-order valence-electron chi connectivity index (χ2n) is 4.48. The molecule has 1 amide bonds. The summed E-state index contributed by atoms with van der Waals surface area (Å²) in [5.41, 5.74) is 0.0602. The lowest BCUT2D eigenvalue weighted by molar-refractivity contribution is -0.118. The molecule has 0 saturated heterocycles. The Morgan fingerprint density at radius 2 is 2.16 bits per heavy atom. The van der Waals surface area contributed by atoms with E-state index in [-0.39, 0.29) is 22.2 Å². The van der Waals surface area contributed by atoms with E-state index < -0.39 is 5.97 Å². The lowest BCUT2D eigenvalue weighted by atomic mass is 10.2. The van der Waals surface area contributed by atoms with Gasteiger partial charge in [-0.3, -0.25) is 4.79 Å². The summed E-state index contributed by atoms with van der Waals surface area (Å²) < 4.78 is 0. The van der Waals surface area contributed by atoms with E-state index in [0.29, 0.717) is 5.92 Å². The normalized spacial score (nSPS) is 14.2. The van der Waals surface area contributed by atoms with Gasteiger partial charge in [0, 0.05) is 11.4 Å². The van der Waals surface area contributed by atoms with Gasteiger partial charge in [0.1, 0.15) is 0 Å². The van der Waals surface area contributed by atoms with E-state index in [9.17, 15) is 9.59 Å². The third kappa shape index (κ3) is 4.44. The fraction of sp³-hybridized carbons (Fsp3) is 0.385. The summed E-state index contributed by atoms with van der Waals surface area (Å²) in [6, 6.07) is 4.74. The van der Waals surface area contributed by atoms with Crippen LogP contribution in [0.3, 0.4) is 0 Å². The highest BCUT2D eigenvalue weighted by atomic mass is 35.5. The number of amides is 1. The molecule has 6 heteroatoms. The van der Waals surface area contributed by atoms with Crippen molar-refractivity contribution in [3.05, 3.63) is 28.8 Å². The zero-order valence-corrected chi connectivity index (χ0v) is 11.8. The Morgan fingerprint density at radius 3 is 2.79 bits per heavy atom. The molecule has 0 heterocycles. The smallest absolute Gasteiger partial charge is 0.337 e. The second kappa shape index (κ2) is 6.30. The number of halogens is 1. The molecule has 0 radical (unpaired) electrons. The number of carboxylic acids is 1. The zero-order chi connectivity index (χ0) is 13.8. The maximum atomic E-state index is 11.6. The molecule has 1 aromatic carbocycles. The van der Waals surface area contributed by atoms with E-state index in [1.807, 2.05) is 0 Å². The minimum absolute atomic E-state index is 0.0243. The van der Waals surface area contributed by atoms with Crippen LogP contribution in [0.4, 0.5) is 0 Å². The van der Waals surface area contributed by atoms with Gasteiger partial charge in [-0.05, 0) is 37.0 Å².